The third kappa shape index (κ3) is 6.68. The molecule has 1 aromatic heterocycles. The summed E-state index contributed by atoms with van der Waals surface area (Å²) in [6.07, 6.45) is 0.978. The number of carboxylic acids is 1. The fourth-order valence-electron chi connectivity index (χ4n) is 3.96. The molecule has 0 radical (unpaired) electrons. The van der Waals surface area contributed by atoms with Crippen LogP contribution in [0.3, 0.4) is 0 Å². The molecule has 9 heteroatoms. The van der Waals surface area contributed by atoms with Crippen LogP contribution in [-0.2, 0) is 22.6 Å². The van der Waals surface area contributed by atoms with Gasteiger partial charge in [-0.15, -0.1) is 10.2 Å². The number of hydrogen-bond donors (Lipinski definition) is 2. The van der Waals surface area contributed by atoms with Gasteiger partial charge in [-0.25, -0.2) is 4.68 Å². The van der Waals surface area contributed by atoms with Gasteiger partial charge in [0.15, 0.2) is 5.82 Å². The summed E-state index contributed by atoms with van der Waals surface area (Å²) in [6, 6.07) is 21.7. The van der Waals surface area contributed by atoms with Crippen molar-refractivity contribution in [2.45, 2.75) is 44.9 Å². The van der Waals surface area contributed by atoms with E-state index in [0.717, 1.165) is 34.5 Å². The van der Waals surface area contributed by atoms with Crippen LogP contribution in [0, 0.1) is 5.92 Å². The van der Waals surface area contributed by atoms with Crippen molar-refractivity contribution in [3.8, 4) is 5.75 Å². The second kappa shape index (κ2) is 11.9. The fourth-order valence-corrected chi connectivity index (χ4v) is 4.59. The standard InChI is InChI=1S/C28H30N4O4S/c1-18(2)15-20-11-13-21(14-12-20)19(3)27(35)31-32-25(29-30-28(32)37-17-26(33)34)16-36-24-10-6-8-22-7-4-5-9-23(22)24/h4-14,18-19H,15-17H2,1-3H3,(H,31,35)(H,33,34). The highest BCUT2D eigenvalue weighted by Crippen LogP contribution is 2.26. The van der Waals surface area contributed by atoms with Gasteiger partial charge in [0.25, 0.3) is 0 Å². The number of benzene rings is 3. The van der Waals surface area contributed by atoms with Crippen LogP contribution < -0.4 is 10.2 Å². The van der Waals surface area contributed by atoms with E-state index in [0.29, 0.717) is 17.5 Å². The van der Waals surface area contributed by atoms with Gasteiger partial charge in [0.05, 0.1) is 11.7 Å². The van der Waals surface area contributed by atoms with Crippen molar-refractivity contribution in [3.05, 3.63) is 83.7 Å². The molecule has 192 valence electrons. The maximum atomic E-state index is 13.2. The van der Waals surface area contributed by atoms with Gasteiger partial charge in [-0.1, -0.05) is 86.3 Å². The van der Waals surface area contributed by atoms with E-state index in [9.17, 15) is 9.59 Å². The monoisotopic (exact) mass is 518 g/mol. The fraction of sp³-hybridized carbons (Fsp3) is 0.286. The Labute approximate surface area is 220 Å². The van der Waals surface area contributed by atoms with Crippen LogP contribution in [0.2, 0.25) is 0 Å². The second-order valence-electron chi connectivity index (χ2n) is 9.22. The molecule has 1 atom stereocenters. The molecule has 0 aliphatic rings. The molecular weight excluding hydrogens is 488 g/mol. The van der Waals surface area contributed by atoms with Crippen molar-refractivity contribution in [2.24, 2.45) is 5.92 Å². The number of fused-ring (bicyclic) bond motifs is 1. The van der Waals surface area contributed by atoms with E-state index in [1.807, 2.05) is 61.5 Å². The first-order valence-corrected chi connectivity index (χ1v) is 13.1. The molecule has 0 aliphatic heterocycles. The molecule has 1 heterocycles. The summed E-state index contributed by atoms with van der Waals surface area (Å²) in [5.74, 6) is -0.335. The molecule has 1 amide bonds. The first-order valence-electron chi connectivity index (χ1n) is 12.1. The Balaban J connectivity index is 1.53. The first-order chi connectivity index (χ1) is 17.8. The van der Waals surface area contributed by atoms with Gasteiger partial charge in [-0.2, -0.15) is 0 Å². The normalized spacial score (nSPS) is 12.0. The Morgan fingerprint density at radius 2 is 1.73 bits per heavy atom. The van der Waals surface area contributed by atoms with Crippen molar-refractivity contribution in [1.82, 2.24) is 14.9 Å². The van der Waals surface area contributed by atoms with Crippen LogP contribution in [0.25, 0.3) is 10.8 Å². The molecule has 0 spiro atoms. The summed E-state index contributed by atoms with van der Waals surface area (Å²) in [7, 11) is 0. The molecule has 1 unspecified atom stereocenters. The lowest BCUT2D eigenvalue weighted by Crippen LogP contribution is -2.29. The summed E-state index contributed by atoms with van der Waals surface area (Å²) in [5.41, 5.74) is 4.97. The number of aliphatic carboxylic acids is 1. The maximum absolute atomic E-state index is 13.2. The SMILES string of the molecule is CC(C)Cc1ccc(C(C)C(=O)Nn2c(COc3cccc4ccccc34)nnc2SCC(=O)O)cc1. The average molecular weight is 519 g/mol. The third-order valence-corrected chi connectivity index (χ3v) is 6.78. The number of carbonyl (C=O) groups is 2. The van der Waals surface area contributed by atoms with Gasteiger partial charge in [0.2, 0.25) is 11.1 Å². The molecule has 37 heavy (non-hydrogen) atoms. The van der Waals surface area contributed by atoms with Crippen LogP contribution >= 0.6 is 11.8 Å². The van der Waals surface area contributed by atoms with Gasteiger partial charge >= 0.3 is 5.97 Å². The highest BCUT2D eigenvalue weighted by atomic mass is 32.2. The zero-order valence-electron chi connectivity index (χ0n) is 21.0. The molecule has 0 saturated heterocycles. The van der Waals surface area contributed by atoms with Crippen molar-refractivity contribution < 1.29 is 19.4 Å². The maximum Gasteiger partial charge on any atom is 0.313 e. The molecule has 3 aromatic carbocycles. The molecule has 4 aromatic rings. The Bertz CT molecular complexity index is 1380. The predicted molar refractivity (Wildman–Crippen MR) is 144 cm³/mol. The summed E-state index contributed by atoms with van der Waals surface area (Å²) in [5, 5.41) is 19.7. The van der Waals surface area contributed by atoms with Crippen LogP contribution in [-0.4, -0.2) is 37.6 Å². The molecule has 2 N–H and O–H groups in total. The molecule has 8 nitrogen and oxygen atoms in total. The smallest absolute Gasteiger partial charge is 0.313 e. The summed E-state index contributed by atoms with van der Waals surface area (Å²) in [4.78, 5) is 24.4. The molecule has 0 saturated carbocycles. The van der Waals surface area contributed by atoms with E-state index >= 15 is 0 Å². The van der Waals surface area contributed by atoms with Crippen molar-refractivity contribution in [2.75, 3.05) is 11.2 Å². The van der Waals surface area contributed by atoms with Crippen molar-refractivity contribution >= 4 is 34.4 Å². The van der Waals surface area contributed by atoms with Gasteiger partial charge in [0, 0.05) is 5.39 Å². The number of rotatable bonds is 11. The predicted octanol–water partition coefficient (Wildman–Crippen LogP) is 5.26. The third-order valence-electron chi connectivity index (χ3n) is 5.87. The number of amides is 1. The van der Waals surface area contributed by atoms with Crippen LogP contribution in [0.1, 0.15) is 43.6 Å². The Morgan fingerprint density at radius 1 is 1.00 bits per heavy atom. The minimum Gasteiger partial charge on any atom is -0.485 e. The lowest BCUT2D eigenvalue weighted by Gasteiger charge is -2.17. The number of carboxylic acid groups (broad SMARTS) is 1. The number of aromatic nitrogens is 3. The van der Waals surface area contributed by atoms with Crippen molar-refractivity contribution in [1.29, 1.82) is 0 Å². The van der Waals surface area contributed by atoms with E-state index in [2.05, 4.69) is 41.6 Å². The molecule has 4 rings (SSSR count). The highest BCUT2D eigenvalue weighted by Gasteiger charge is 2.21. The van der Waals surface area contributed by atoms with Gasteiger partial charge in [-0.3, -0.25) is 15.0 Å². The minimum atomic E-state index is -0.991. The number of carbonyl (C=O) groups excluding carboxylic acids is 1. The first kappa shape index (κ1) is 26.2. The van der Waals surface area contributed by atoms with Crippen LogP contribution in [0.5, 0.6) is 5.75 Å². The van der Waals surface area contributed by atoms with E-state index in [-0.39, 0.29) is 23.4 Å². The quantitative estimate of drug-likeness (QED) is 0.261. The van der Waals surface area contributed by atoms with Gasteiger partial charge < -0.3 is 9.84 Å². The van der Waals surface area contributed by atoms with E-state index in [4.69, 9.17) is 9.84 Å². The summed E-state index contributed by atoms with van der Waals surface area (Å²) in [6.45, 7) is 6.20. The number of nitrogens with zero attached hydrogens (tertiary/aromatic N) is 3. The minimum absolute atomic E-state index is 0.0349. The zero-order chi connectivity index (χ0) is 26.4. The van der Waals surface area contributed by atoms with Gasteiger partial charge in [-0.05, 0) is 41.8 Å². The average Bonchev–Trinajstić information content (AvgIpc) is 3.26. The van der Waals surface area contributed by atoms with Crippen molar-refractivity contribution in [3.63, 3.8) is 0 Å². The number of ether oxygens (including phenoxy) is 1. The summed E-state index contributed by atoms with van der Waals surface area (Å²) < 4.78 is 7.48. The Morgan fingerprint density at radius 3 is 2.46 bits per heavy atom. The molecule has 0 bridgehead atoms. The van der Waals surface area contributed by atoms with E-state index in [1.165, 1.54) is 10.2 Å². The molecular formula is C28H30N4O4S. The molecule has 0 aliphatic carbocycles. The molecule has 0 fully saturated rings. The number of nitrogens with one attached hydrogen (secondary N) is 1. The largest absolute Gasteiger partial charge is 0.485 e. The lowest BCUT2D eigenvalue weighted by atomic mass is 9.96. The Kier molecular flexibility index (Phi) is 8.45. The summed E-state index contributed by atoms with van der Waals surface area (Å²) >= 11 is 0.977. The van der Waals surface area contributed by atoms with Gasteiger partial charge in [0.1, 0.15) is 12.4 Å². The second-order valence-corrected chi connectivity index (χ2v) is 10.2. The van der Waals surface area contributed by atoms with E-state index in [1.54, 1.807) is 0 Å². The lowest BCUT2D eigenvalue weighted by molar-refractivity contribution is -0.133. The number of thioether (sulfide) groups is 1. The topological polar surface area (TPSA) is 106 Å². The zero-order valence-corrected chi connectivity index (χ0v) is 21.9. The van der Waals surface area contributed by atoms with E-state index < -0.39 is 11.9 Å². The van der Waals surface area contributed by atoms with Crippen LogP contribution in [0.4, 0.5) is 0 Å². The number of hydrogen-bond acceptors (Lipinski definition) is 6. The highest BCUT2D eigenvalue weighted by molar-refractivity contribution is 7.99. The Hall–Kier alpha value is -3.85. The van der Waals surface area contributed by atoms with Crippen LogP contribution in [0.15, 0.2) is 71.9 Å².